The maximum absolute atomic E-state index is 13.9. The predicted molar refractivity (Wildman–Crippen MR) is 125 cm³/mol. The Morgan fingerprint density at radius 1 is 1.15 bits per heavy atom. The molecule has 2 aromatic carbocycles. The highest BCUT2D eigenvalue weighted by atomic mass is 16.5. The van der Waals surface area contributed by atoms with Gasteiger partial charge < -0.3 is 19.1 Å². The van der Waals surface area contributed by atoms with Gasteiger partial charge in [-0.3, -0.25) is 9.69 Å². The Hall–Kier alpha value is -2.99. The van der Waals surface area contributed by atoms with Crippen LogP contribution < -0.4 is 14.2 Å². The normalized spacial score (nSPS) is 28.1. The zero-order valence-corrected chi connectivity index (χ0v) is 19.3. The minimum atomic E-state index is -0.359. The second-order valence-electron chi connectivity index (χ2n) is 9.58. The maximum atomic E-state index is 13.9. The summed E-state index contributed by atoms with van der Waals surface area (Å²) in [7, 11) is 3.37. The van der Waals surface area contributed by atoms with E-state index in [4.69, 9.17) is 14.2 Å². The minimum absolute atomic E-state index is 0.259. The smallest absolute Gasteiger partial charge is 0.243 e. The molecule has 3 fully saturated rings. The van der Waals surface area contributed by atoms with Crippen molar-refractivity contribution in [3.05, 3.63) is 59.2 Å². The first-order valence-electron chi connectivity index (χ1n) is 11.8. The average Bonchev–Trinajstić information content (AvgIpc) is 3.49. The van der Waals surface area contributed by atoms with Crippen LogP contribution in [-0.4, -0.2) is 61.2 Å². The molecule has 0 unspecified atom stereocenters. The van der Waals surface area contributed by atoms with Crippen LogP contribution in [0.5, 0.6) is 17.2 Å². The van der Waals surface area contributed by atoms with Gasteiger partial charge in [-0.1, -0.05) is 18.2 Å². The first-order valence-corrected chi connectivity index (χ1v) is 11.8. The van der Waals surface area contributed by atoms with E-state index in [1.807, 2.05) is 36.4 Å². The number of likely N-dealkylation sites (tertiary alicyclic amines) is 1. The Kier molecular flexibility index (Phi) is 4.87. The van der Waals surface area contributed by atoms with Crippen molar-refractivity contribution in [2.75, 3.05) is 33.9 Å². The lowest BCUT2D eigenvalue weighted by Crippen LogP contribution is -2.51. The van der Waals surface area contributed by atoms with E-state index in [1.165, 1.54) is 5.57 Å². The predicted octanol–water partition coefficient (Wildman–Crippen LogP) is 3.75. The highest BCUT2D eigenvalue weighted by molar-refractivity contribution is 5.90. The third-order valence-electron chi connectivity index (χ3n) is 8.06. The Morgan fingerprint density at radius 2 is 2.03 bits per heavy atom. The van der Waals surface area contributed by atoms with E-state index in [1.54, 1.807) is 14.2 Å². The van der Waals surface area contributed by atoms with Crippen LogP contribution in [0.4, 0.5) is 0 Å². The van der Waals surface area contributed by atoms with Gasteiger partial charge in [0.15, 0.2) is 0 Å². The van der Waals surface area contributed by atoms with Gasteiger partial charge in [0.2, 0.25) is 5.91 Å². The Morgan fingerprint density at radius 3 is 2.88 bits per heavy atom. The average molecular weight is 447 g/mol. The molecule has 4 aliphatic rings. The zero-order valence-electron chi connectivity index (χ0n) is 19.3. The summed E-state index contributed by atoms with van der Waals surface area (Å²) >= 11 is 0. The van der Waals surface area contributed by atoms with Crippen LogP contribution in [-0.2, 0) is 11.3 Å². The van der Waals surface area contributed by atoms with Gasteiger partial charge in [-0.15, -0.1) is 0 Å². The van der Waals surface area contributed by atoms with E-state index >= 15 is 0 Å². The molecule has 33 heavy (non-hydrogen) atoms. The number of carbonyl (C=O) groups excluding carboxylic acids is 1. The Labute approximate surface area is 194 Å². The fraction of sp³-hybridized carbons (Fsp3) is 0.444. The second-order valence-corrected chi connectivity index (χ2v) is 9.58. The first kappa shape index (κ1) is 20.6. The summed E-state index contributed by atoms with van der Waals surface area (Å²) in [4.78, 5) is 18.4. The number of hydrogen-bond donors (Lipinski definition) is 0. The lowest BCUT2D eigenvalue weighted by molar-refractivity contribution is -0.137. The number of fused-ring (bicyclic) bond motifs is 1. The van der Waals surface area contributed by atoms with Crippen LogP contribution in [0.2, 0.25) is 0 Å². The Bertz CT molecular complexity index is 1130. The van der Waals surface area contributed by atoms with E-state index in [2.05, 4.69) is 21.9 Å². The summed E-state index contributed by atoms with van der Waals surface area (Å²) in [6.07, 6.45) is 5.28. The number of carbonyl (C=O) groups is 1. The van der Waals surface area contributed by atoms with E-state index in [0.717, 1.165) is 60.7 Å². The molecule has 0 aromatic heterocycles. The van der Waals surface area contributed by atoms with Crippen molar-refractivity contribution in [3.8, 4) is 17.2 Å². The van der Waals surface area contributed by atoms with Crippen LogP contribution in [0, 0.1) is 5.92 Å². The maximum Gasteiger partial charge on any atom is 0.243 e. The van der Waals surface area contributed by atoms with Crippen LogP contribution >= 0.6 is 0 Å². The van der Waals surface area contributed by atoms with Crippen LogP contribution in [0.25, 0.3) is 6.08 Å². The third-order valence-corrected chi connectivity index (χ3v) is 8.06. The third kappa shape index (κ3) is 3.07. The van der Waals surface area contributed by atoms with E-state index in [-0.39, 0.29) is 17.5 Å². The van der Waals surface area contributed by atoms with Crippen molar-refractivity contribution < 1.29 is 19.0 Å². The van der Waals surface area contributed by atoms with Crippen molar-refractivity contribution in [1.29, 1.82) is 0 Å². The SMILES string of the molecule is COc1ccc2c(c1)C=C([C@@H]1C[C@H]3CN(Cc4ccccc4OC)C(=O)[C@]34CCCN14)CO2. The number of benzene rings is 2. The summed E-state index contributed by atoms with van der Waals surface area (Å²) < 4.78 is 17.0. The standard InChI is InChI=1S/C27H30N2O4/c1-31-22-8-9-25-19(13-22)12-20(17-33-25)23-14-21-16-28(15-18-6-3-4-7-24(18)32-2)26(30)27(21)10-5-11-29(23)27/h3-4,6-9,12-13,21,23H,5,10-11,14-17H2,1-2H3/t21-,23-,27-/m0/s1. The van der Waals surface area contributed by atoms with Crippen molar-refractivity contribution in [1.82, 2.24) is 9.80 Å². The fourth-order valence-corrected chi connectivity index (χ4v) is 6.60. The molecule has 172 valence electrons. The number of methoxy groups -OCH3 is 2. The van der Waals surface area contributed by atoms with E-state index in [0.29, 0.717) is 19.1 Å². The number of ether oxygens (including phenoxy) is 3. The molecule has 0 N–H and O–H groups in total. The molecule has 1 spiro atoms. The summed E-state index contributed by atoms with van der Waals surface area (Å²) in [5.41, 5.74) is 3.04. The number of rotatable bonds is 5. The summed E-state index contributed by atoms with van der Waals surface area (Å²) in [6, 6.07) is 14.2. The number of amides is 1. The molecule has 0 saturated carbocycles. The topological polar surface area (TPSA) is 51.2 Å². The van der Waals surface area contributed by atoms with Crippen LogP contribution in [0.15, 0.2) is 48.0 Å². The summed E-state index contributed by atoms with van der Waals surface area (Å²) in [5, 5.41) is 0. The molecule has 6 nitrogen and oxygen atoms in total. The van der Waals surface area contributed by atoms with Gasteiger partial charge in [0.25, 0.3) is 0 Å². The molecule has 6 heteroatoms. The molecular weight excluding hydrogens is 416 g/mol. The summed E-state index contributed by atoms with van der Waals surface area (Å²) in [6.45, 7) is 2.97. The summed E-state index contributed by atoms with van der Waals surface area (Å²) in [5.74, 6) is 3.21. The molecule has 4 aliphatic heterocycles. The molecule has 2 aromatic rings. The first-order chi connectivity index (χ1) is 16.1. The van der Waals surface area contributed by atoms with Gasteiger partial charge in [0, 0.05) is 36.2 Å². The number of para-hydroxylation sites is 1. The van der Waals surface area contributed by atoms with Crippen molar-refractivity contribution in [3.63, 3.8) is 0 Å². The largest absolute Gasteiger partial charge is 0.497 e. The van der Waals surface area contributed by atoms with Gasteiger partial charge >= 0.3 is 0 Å². The van der Waals surface area contributed by atoms with Crippen LogP contribution in [0.3, 0.4) is 0 Å². The number of nitrogens with zero attached hydrogens (tertiary/aromatic N) is 2. The molecule has 1 amide bonds. The molecule has 0 aliphatic carbocycles. The van der Waals surface area contributed by atoms with Crippen molar-refractivity contribution in [2.45, 2.75) is 37.4 Å². The van der Waals surface area contributed by atoms with Gasteiger partial charge in [0.05, 0.1) is 14.2 Å². The van der Waals surface area contributed by atoms with Crippen molar-refractivity contribution in [2.24, 2.45) is 5.92 Å². The minimum Gasteiger partial charge on any atom is -0.497 e. The van der Waals surface area contributed by atoms with E-state index < -0.39 is 0 Å². The van der Waals surface area contributed by atoms with E-state index in [9.17, 15) is 4.79 Å². The van der Waals surface area contributed by atoms with Gasteiger partial charge in [-0.05, 0) is 61.7 Å². The van der Waals surface area contributed by atoms with Crippen LogP contribution in [0.1, 0.15) is 30.4 Å². The lowest BCUT2D eigenvalue weighted by atomic mass is 9.85. The second kappa shape index (κ2) is 7.80. The lowest BCUT2D eigenvalue weighted by Gasteiger charge is -2.35. The van der Waals surface area contributed by atoms with Gasteiger partial charge in [-0.2, -0.15) is 0 Å². The molecule has 6 rings (SSSR count). The van der Waals surface area contributed by atoms with Gasteiger partial charge in [-0.25, -0.2) is 0 Å². The monoisotopic (exact) mass is 446 g/mol. The highest BCUT2D eigenvalue weighted by Gasteiger charge is 2.65. The molecular formula is C27H30N2O4. The molecule has 4 heterocycles. The number of hydrogen-bond acceptors (Lipinski definition) is 5. The molecule has 3 atom stereocenters. The molecule has 0 bridgehead atoms. The fourth-order valence-electron chi connectivity index (χ4n) is 6.60. The molecule has 0 radical (unpaired) electrons. The quantitative estimate of drug-likeness (QED) is 0.700. The Balaban J connectivity index is 1.27. The highest BCUT2D eigenvalue weighted by Crippen LogP contribution is 2.53. The molecule has 3 saturated heterocycles. The zero-order chi connectivity index (χ0) is 22.6. The van der Waals surface area contributed by atoms with Crippen molar-refractivity contribution >= 4 is 12.0 Å². The van der Waals surface area contributed by atoms with Gasteiger partial charge in [0.1, 0.15) is 29.4 Å².